The molecule has 0 bridgehead atoms. The molecular weight excluding hydrogens is 308 g/mol. The molecule has 6 nitrogen and oxygen atoms in total. The number of benzene rings is 2. The maximum atomic E-state index is 12.9. The van der Waals surface area contributed by atoms with Gasteiger partial charge in [0.1, 0.15) is 5.76 Å². The molecule has 1 aromatic heterocycles. The molecule has 0 aliphatic heterocycles. The highest BCUT2D eigenvalue weighted by Gasteiger charge is 2.21. The first-order chi connectivity index (χ1) is 11.6. The zero-order valence-corrected chi connectivity index (χ0v) is 12.7. The smallest absolute Gasteiger partial charge is 0.270 e. The molecule has 0 N–H and O–H groups in total. The van der Waals surface area contributed by atoms with Crippen LogP contribution in [0.3, 0.4) is 0 Å². The van der Waals surface area contributed by atoms with Crippen molar-refractivity contribution in [3.05, 3.63) is 94.4 Å². The van der Waals surface area contributed by atoms with Crippen molar-refractivity contribution in [3.8, 4) is 0 Å². The average Bonchev–Trinajstić information content (AvgIpc) is 3.13. The van der Waals surface area contributed by atoms with Gasteiger partial charge in [0.05, 0.1) is 17.7 Å². The number of nitro benzene ring substituents is 1. The molecule has 0 spiro atoms. The summed E-state index contributed by atoms with van der Waals surface area (Å²) in [5.41, 5.74) is 0.817. The number of anilines is 1. The summed E-state index contributed by atoms with van der Waals surface area (Å²) < 4.78 is 5.33. The number of hydrogen-bond acceptors (Lipinski definition) is 4. The normalized spacial score (nSPS) is 10.3. The molecule has 6 heteroatoms. The van der Waals surface area contributed by atoms with Gasteiger partial charge in [0, 0.05) is 23.4 Å². The lowest BCUT2D eigenvalue weighted by atomic mass is 10.1. The van der Waals surface area contributed by atoms with Crippen molar-refractivity contribution in [2.75, 3.05) is 4.90 Å². The van der Waals surface area contributed by atoms with Crippen LogP contribution in [0.15, 0.2) is 77.4 Å². The number of amides is 1. The van der Waals surface area contributed by atoms with Crippen LogP contribution in [0, 0.1) is 10.1 Å². The third-order valence-corrected chi connectivity index (χ3v) is 3.51. The number of furan rings is 1. The fourth-order valence-electron chi connectivity index (χ4n) is 2.36. The lowest BCUT2D eigenvalue weighted by Crippen LogP contribution is -2.30. The zero-order valence-electron chi connectivity index (χ0n) is 12.7. The third kappa shape index (κ3) is 3.33. The van der Waals surface area contributed by atoms with Gasteiger partial charge in [-0.15, -0.1) is 0 Å². The number of carbonyl (C=O) groups is 1. The molecule has 1 heterocycles. The number of hydrogen-bond donors (Lipinski definition) is 0. The summed E-state index contributed by atoms with van der Waals surface area (Å²) in [6, 6.07) is 18.3. The first-order valence-electron chi connectivity index (χ1n) is 7.29. The average molecular weight is 322 g/mol. The molecule has 120 valence electrons. The molecule has 1 amide bonds. The van der Waals surface area contributed by atoms with E-state index in [2.05, 4.69) is 0 Å². The van der Waals surface area contributed by atoms with Crippen molar-refractivity contribution in [1.29, 1.82) is 0 Å². The van der Waals surface area contributed by atoms with Crippen LogP contribution in [0.25, 0.3) is 0 Å². The maximum Gasteiger partial charge on any atom is 0.270 e. The van der Waals surface area contributed by atoms with E-state index >= 15 is 0 Å². The van der Waals surface area contributed by atoms with Gasteiger partial charge in [-0.3, -0.25) is 14.9 Å². The quantitative estimate of drug-likeness (QED) is 0.525. The van der Waals surface area contributed by atoms with Crippen LogP contribution in [-0.4, -0.2) is 10.8 Å². The van der Waals surface area contributed by atoms with Gasteiger partial charge in [-0.25, -0.2) is 0 Å². The second-order valence-electron chi connectivity index (χ2n) is 5.11. The first kappa shape index (κ1) is 15.5. The van der Waals surface area contributed by atoms with E-state index in [-0.39, 0.29) is 23.7 Å². The standard InChI is InChI=1S/C18H14N2O4/c21-18(14-6-4-9-16(12-14)20(22)23)19(13-17-10-5-11-24-17)15-7-2-1-3-8-15/h1-12H,13H2. The molecule has 0 atom stereocenters. The van der Waals surface area contributed by atoms with Crippen molar-refractivity contribution in [2.45, 2.75) is 6.54 Å². The van der Waals surface area contributed by atoms with Gasteiger partial charge in [-0.1, -0.05) is 24.3 Å². The number of carbonyl (C=O) groups excluding carboxylic acids is 1. The van der Waals surface area contributed by atoms with Crippen LogP contribution in [0.1, 0.15) is 16.1 Å². The van der Waals surface area contributed by atoms with Gasteiger partial charge >= 0.3 is 0 Å². The Kier molecular flexibility index (Phi) is 4.38. The molecule has 0 saturated heterocycles. The molecule has 0 radical (unpaired) electrons. The van der Waals surface area contributed by atoms with Gasteiger partial charge in [0.25, 0.3) is 11.6 Å². The van der Waals surface area contributed by atoms with Crippen molar-refractivity contribution < 1.29 is 14.1 Å². The first-order valence-corrected chi connectivity index (χ1v) is 7.29. The van der Waals surface area contributed by atoms with E-state index in [1.54, 1.807) is 30.3 Å². The minimum atomic E-state index is -0.518. The van der Waals surface area contributed by atoms with Crippen molar-refractivity contribution in [3.63, 3.8) is 0 Å². The Bertz CT molecular complexity index is 844. The molecule has 0 fully saturated rings. The Morgan fingerprint density at radius 1 is 1.04 bits per heavy atom. The van der Waals surface area contributed by atoms with Gasteiger partial charge in [0.15, 0.2) is 0 Å². The van der Waals surface area contributed by atoms with Gasteiger partial charge < -0.3 is 9.32 Å². The topological polar surface area (TPSA) is 76.6 Å². The lowest BCUT2D eigenvalue weighted by Gasteiger charge is -2.22. The Hall–Kier alpha value is -3.41. The van der Waals surface area contributed by atoms with Crippen LogP contribution >= 0.6 is 0 Å². The predicted octanol–water partition coefficient (Wildman–Crippen LogP) is 4.03. The number of rotatable bonds is 5. The number of nitrogens with zero attached hydrogens (tertiary/aromatic N) is 2. The second-order valence-corrected chi connectivity index (χ2v) is 5.11. The second kappa shape index (κ2) is 6.78. The van der Waals surface area contributed by atoms with Crippen LogP contribution in [0.2, 0.25) is 0 Å². The van der Waals surface area contributed by atoms with Crippen molar-refractivity contribution >= 4 is 17.3 Å². The van der Waals surface area contributed by atoms with E-state index in [0.29, 0.717) is 11.4 Å². The molecular formula is C18H14N2O4. The van der Waals surface area contributed by atoms with Gasteiger partial charge in [0.2, 0.25) is 0 Å². The van der Waals surface area contributed by atoms with Crippen LogP contribution in [0.4, 0.5) is 11.4 Å². The van der Waals surface area contributed by atoms with Gasteiger partial charge in [-0.05, 0) is 30.3 Å². The molecule has 2 aromatic carbocycles. The number of nitro groups is 1. The fourth-order valence-corrected chi connectivity index (χ4v) is 2.36. The Balaban J connectivity index is 1.97. The summed E-state index contributed by atoms with van der Waals surface area (Å²) in [5, 5.41) is 10.9. The lowest BCUT2D eigenvalue weighted by molar-refractivity contribution is -0.384. The summed E-state index contributed by atoms with van der Waals surface area (Å²) in [4.78, 5) is 24.9. The minimum Gasteiger partial charge on any atom is -0.467 e. The van der Waals surface area contributed by atoms with Crippen LogP contribution in [0.5, 0.6) is 0 Å². The summed E-state index contributed by atoms with van der Waals surface area (Å²) in [6.07, 6.45) is 1.54. The zero-order chi connectivity index (χ0) is 16.9. The van der Waals surface area contributed by atoms with Crippen molar-refractivity contribution in [2.24, 2.45) is 0 Å². The van der Waals surface area contributed by atoms with E-state index in [1.807, 2.05) is 18.2 Å². The predicted molar refractivity (Wildman–Crippen MR) is 88.8 cm³/mol. The molecule has 0 unspecified atom stereocenters. The maximum absolute atomic E-state index is 12.9. The summed E-state index contributed by atoms with van der Waals surface area (Å²) >= 11 is 0. The van der Waals surface area contributed by atoms with E-state index < -0.39 is 4.92 Å². The molecule has 0 aliphatic carbocycles. The fraction of sp³-hybridized carbons (Fsp3) is 0.0556. The van der Waals surface area contributed by atoms with Gasteiger partial charge in [-0.2, -0.15) is 0 Å². The van der Waals surface area contributed by atoms with Crippen LogP contribution in [-0.2, 0) is 6.54 Å². The molecule has 24 heavy (non-hydrogen) atoms. The Labute approximate surface area is 138 Å². The third-order valence-electron chi connectivity index (χ3n) is 3.51. The number of para-hydroxylation sites is 1. The van der Waals surface area contributed by atoms with E-state index in [0.717, 1.165) is 0 Å². The summed E-state index contributed by atoms with van der Waals surface area (Å²) in [7, 11) is 0. The highest BCUT2D eigenvalue weighted by molar-refractivity contribution is 6.06. The summed E-state index contributed by atoms with van der Waals surface area (Å²) in [5.74, 6) is 0.291. The Morgan fingerprint density at radius 3 is 2.50 bits per heavy atom. The molecule has 0 saturated carbocycles. The monoisotopic (exact) mass is 322 g/mol. The molecule has 0 aliphatic rings. The van der Waals surface area contributed by atoms with Crippen molar-refractivity contribution in [1.82, 2.24) is 0 Å². The Morgan fingerprint density at radius 2 is 1.83 bits per heavy atom. The highest BCUT2D eigenvalue weighted by atomic mass is 16.6. The van der Waals surface area contributed by atoms with Crippen LogP contribution < -0.4 is 4.90 Å². The molecule has 3 aromatic rings. The van der Waals surface area contributed by atoms with E-state index in [4.69, 9.17) is 4.42 Å². The van der Waals surface area contributed by atoms with E-state index in [9.17, 15) is 14.9 Å². The SMILES string of the molecule is O=C(c1cccc([N+](=O)[O-])c1)N(Cc1ccco1)c1ccccc1. The summed E-state index contributed by atoms with van der Waals surface area (Å²) in [6.45, 7) is 0.235. The molecule has 3 rings (SSSR count). The van der Waals surface area contributed by atoms with E-state index in [1.165, 1.54) is 29.4 Å². The highest BCUT2D eigenvalue weighted by Crippen LogP contribution is 2.22. The number of non-ortho nitro benzene ring substituents is 1. The largest absolute Gasteiger partial charge is 0.467 e. The minimum absolute atomic E-state index is 0.119.